The number of carbonyl (C=O) groups is 1. The van der Waals surface area contributed by atoms with E-state index in [1.807, 2.05) is 36.4 Å². The Labute approximate surface area is 173 Å². The van der Waals surface area contributed by atoms with Gasteiger partial charge in [-0.25, -0.2) is 15.4 Å². The van der Waals surface area contributed by atoms with Crippen LogP contribution in [0.4, 0.5) is 5.82 Å². The summed E-state index contributed by atoms with van der Waals surface area (Å²) in [5.74, 6) is 12.7. The summed E-state index contributed by atoms with van der Waals surface area (Å²) in [6.45, 7) is 0.141. The zero-order chi connectivity index (χ0) is 21.1. The maximum Gasteiger partial charge on any atom is 0.304 e. The Bertz CT molecular complexity index is 1090. The molecule has 1 aromatic carbocycles. The summed E-state index contributed by atoms with van der Waals surface area (Å²) in [6, 6.07) is 13.2. The minimum Gasteiger partial charge on any atom is -0.458 e. The number of ether oxygens (including phenoxy) is 1. The lowest BCUT2D eigenvalue weighted by atomic mass is 10.3. The third-order valence-corrected chi connectivity index (χ3v) is 4.76. The molecule has 10 heteroatoms. The third-order valence-electron chi connectivity index (χ3n) is 4.76. The molecule has 0 bridgehead atoms. The molecule has 0 aliphatic heterocycles. The number of carbonyl (C=O) groups excluding carboxylic acids is 1. The number of hydrogen-bond donors (Lipinski definition) is 3. The number of fused-ring (bicyclic) bond motifs is 1. The number of hydrazone groups is 1. The molecule has 156 valence electrons. The van der Waals surface area contributed by atoms with Crippen LogP contribution in [0.3, 0.4) is 0 Å². The van der Waals surface area contributed by atoms with E-state index >= 15 is 0 Å². The molecular formula is C20H24N8O2. The van der Waals surface area contributed by atoms with Crippen LogP contribution in [0, 0.1) is 5.92 Å². The number of aromatic nitrogens is 3. The second-order valence-corrected chi connectivity index (χ2v) is 7.26. The second-order valence-electron chi connectivity index (χ2n) is 7.26. The van der Waals surface area contributed by atoms with Crippen molar-refractivity contribution < 1.29 is 9.53 Å². The van der Waals surface area contributed by atoms with E-state index in [-0.39, 0.29) is 24.5 Å². The Morgan fingerprint density at radius 3 is 2.80 bits per heavy atom. The smallest absolute Gasteiger partial charge is 0.304 e. The molecule has 1 amide bonds. The van der Waals surface area contributed by atoms with E-state index in [0.29, 0.717) is 29.4 Å². The number of rotatable bonds is 6. The van der Waals surface area contributed by atoms with Crippen molar-refractivity contribution >= 4 is 28.7 Å². The minimum atomic E-state index is -0.0142. The summed E-state index contributed by atoms with van der Waals surface area (Å²) in [7, 11) is 1.62. The van der Waals surface area contributed by atoms with Gasteiger partial charge in [0.1, 0.15) is 12.4 Å². The maximum absolute atomic E-state index is 12.0. The Morgan fingerprint density at radius 1 is 1.27 bits per heavy atom. The Hall–Kier alpha value is -3.66. The molecule has 0 atom stereocenters. The fourth-order valence-electron chi connectivity index (χ4n) is 3.15. The van der Waals surface area contributed by atoms with Crippen LogP contribution in [0.1, 0.15) is 25.0 Å². The quantitative estimate of drug-likeness (QED) is 0.244. The third kappa shape index (κ3) is 4.33. The van der Waals surface area contributed by atoms with E-state index in [1.54, 1.807) is 17.7 Å². The molecule has 2 aromatic heterocycles. The molecule has 2 heterocycles. The number of nitrogens with two attached hydrogens (primary N) is 2. The largest absolute Gasteiger partial charge is 0.458 e. The van der Waals surface area contributed by atoms with E-state index in [0.717, 1.165) is 18.4 Å². The standard InChI is InChI=1S/C20H24N8O2/c1-27(22)19(26-21)28-16-7-3-2-6-15(16)24-20(28)30-12-14-5-4-8-17(23-14)25-18(29)11-13-9-10-13/h2-8,13H,9-12,21-22H2,1H3,(H,23,25,29)/b26-19+. The SMILES string of the molecule is CN(N)/C(=N\N)n1c(OCc2cccc(NC(=O)CC3CC3)n2)nc2ccccc21. The molecule has 1 aliphatic rings. The highest BCUT2D eigenvalue weighted by Gasteiger charge is 2.24. The van der Waals surface area contributed by atoms with Crippen LogP contribution in [-0.2, 0) is 11.4 Å². The van der Waals surface area contributed by atoms with E-state index in [9.17, 15) is 4.79 Å². The predicted molar refractivity (Wildman–Crippen MR) is 113 cm³/mol. The molecule has 5 N–H and O–H groups in total. The zero-order valence-corrected chi connectivity index (χ0v) is 16.7. The van der Waals surface area contributed by atoms with Gasteiger partial charge in [-0.2, -0.15) is 4.98 Å². The van der Waals surface area contributed by atoms with Crippen LogP contribution in [0.2, 0.25) is 0 Å². The van der Waals surface area contributed by atoms with Crippen LogP contribution < -0.4 is 21.7 Å². The van der Waals surface area contributed by atoms with Gasteiger partial charge in [0.05, 0.1) is 16.7 Å². The van der Waals surface area contributed by atoms with E-state index in [2.05, 4.69) is 20.4 Å². The normalized spacial score (nSPS) is 14.0. The average Bonchev–Trinajstić information content (AvgIpc) is 3.46. The molecule has 0 radical (unpaired) electrons. The number of amides is 1. The van der Waals surface area contributed by atoms with Gasteiger partial charge in [-0.1, -0.05) is 18.2 Å². The first-order valence-corrected chi connectivity index (χ1v) is 9.68. The zero-order valence-electron chi connectivity index (χ0n) is 16.7. The summed E-state index contributed by atoms with van der Waals surface area (Å²) in [5, 5.41) is 7.90. The molecule has 3 aromatic rings. The van der Waals surface area contributed by atoms with Gasteiger partial charge >= 0.3 is 6.01 Å². The van der Waals surface area contributed by atoms with Crippen LogP contribution in [0.5, 0.6) is 6.01 Å². The van der Waals surface area contributed by atoms with Crippen molar-refractivity contribution in [1.82, 2.24) is 19.5 Å². The van der Waals surface area contributed by atoms with E-state index in [4.69, 9.17) is 16.4 Å². The van der Waals surface area contributed by atoms with Crippen molar-refractivity contribution in [3.8, 4) is 6.01 Å². The summed E-state index contributed by atoms with van der Waals surface area (Å²) in [4.78, 5) is 21.0. The Balaban J connectivity index is 1.53. The predicted octanol–water partition coefficient (Wildman–Crippen LogP) is 1.63. The van der Waals surface area contributed by atoms with Crippen LogP contribution in [0.15, 0.2) is 47.6 Å². The van der Waals surface area contributed by atoms with Crippen molar-refractivity contribution in [2.75, 3.05) is 12.4 Å². The molecule has 10 nitrogen and oxygen atoms in total. The average molecular weight is 408 g/mol. The van der Waals surface area contributed by atoms with E-state index in [1.165, 1.54) is 5.01 Å². The molecule has 0 unspecified atom stereocenters. The van der Waals surface area contributed by atoms with Crippen LogP contribution in [-0.4, -0.2) is 38.5 Å². The number of hydrogen-bond acceptors (Lipinski definition) is 7. The number of anilines is 1. The number of nitrogens with one attached hydrogen (secondary N) is 1. The van der Waals surface area contributed by atoms with Crippen molar-refractivity contribution in [3.05, 3.63) is 48.2 Å². The van der Waals surface area contributed by atoms with Crippen molar-refractivity contribution in [3.63, 3.8) is 0 Å². The first-order chi connectivity index (χ1) is 14.5. The van der Waals surface area contributed by atoms with Gasteiger partial charge in [-0.15, -0.1) is 5.10 Å². The molecule has 0 saturated heterocycles. The highest BCUT2D eigenvalue weighted by molar-refractivity contribution is 5.93. The molecule has 1 aliphatic carbocycles. The number of imidazole rings is 1. The van der Waals surface area contributed by atoms with Crippen molar-refractivity contribution in [2.45, 2.75) is 25.9 Å². The first kappa shape index (κ1) is 19.6. The van der Waals surface area contributed by atoms with Crippen LogP contribution in [0.25, 0.3) is 11.0 Å². The minimum absolute atomic E-state index is 0.0142. The number of hydrazine groups is 1. The number of nitrogens with zero attached hydrogens (tertiary/aromatic N) is 5. The molecule has 1 saturated carbocycles. The lowest BCUT2D eigenvalue weighted by molar-refractivity contribution is -0.116. The van der Waals surface area contributed by atoms with E-state index < -0.39 is 0 Å². The highest BCUT2D eigenvalue weighted by Crippen LogP contribution is 2.32. The van der Waals surface area contributed by atoms with Gasteiger partial charge < -0.3 is 15.9 Å². The number of benzene rings is 1. The maximum atomic E-state index is 12.0. The summed E-state index contributed by atoms with van der Waals surface area (Å²) >= 11 is 0. The lowest BCUT2D eigenvalue weighted by Gasteiger charge is -2.17. The molecule has 1 fully saturated rings. The van der Waals surface area contributed by atoms with Gasteiger partial charge in [-0.3, -0.25) is 9.80 Å². The summed E-state index contributed by atoms with van der Waals surface area (Å²) < 4.78 is 7.57. The van der Waals surface area contributed by atoms with Crippen molar-refractivity contribution in [1.29, 1.82) is 0 Å². The lowest BCUT2D eigenvalue weighted by Crippen LogP contribution is -2.39. The van der Waals surface area contributed by atoms with Gasteiger partial charge in [-0.05, 0) is 43.0 Å². The molecule has 4 rings (SSSR count). The first-order valence-electron chi connectivity index (χ1n) is 9.68. The highest BCUT2D eigenvalue weighted by atomic mass is 16.5. The Kier molecular flexibility index (Phi) is 5.48. The summed E-state index contributed by atoms with van der Waals surface area (Å²) in [5.41, 5.74) is 2.11. The topological polar surface area (TPSA) is 137 Å². The summed E-state index contributed by atoms with van der Waals surface area (Å²) in [6.07, 6.45) is 2.80. The molecule has 30 heavy (non-hydrogen) atoms. The fourth-order valence-corrected chi connectivity index (χ4v) is 3.15. The monoisotopic (exact) mass is 408 g/mol. The number of para-hydroxylation sites is 2. The molecular weight excluding hydrogens is 384 g/mol. The van der Waals surface area contributed by atoms with Gasteiger partial charge in [0.2, 0.25) is 11.9 Å². The fraction of sp³-hybridized carbons (Fsp3) is 0.300. The van der Waals surface area contributed by atoms with Crippen molar-refractivity contribution in [2.24, 2.45) is 22.7 Å². The second kappa shape index (κ2) is 8.37. The Morgan fingerprint density at radius 2 is 2.07 bits per heavy atom. The van der Waals surface area contributed by atoms with Gasteiger partial charge in [0.25, 0.3) is 0 Å². The van der Waals surface area contributed by atoms with Crippen LogP contribution >= 0.6 is 0 Å². The molecule has 0 spiro atoms. The van der Waals surface area contributed by atoms with Gasteiger partial charge in [0, 0.05) is 13.5 Å². The number of pyridine rings is 1. The van der Waals surface area contributed by atoms with Gasteiger partial charge in [0.15, 0.2) is 0 Å².